The van der Waals surface area contributed by atoms with Crippen LogP contribution < -0.4 is 5.32 Å². The zero-order chi connectivity index (χ0) is 16.3. The van der Waals surface area contributed by atoms with Crippen LogP contribution in [0.4, 0.5) is 13.2 Å². The summed E-state index contributed by atoms with van der Waals surface area (Å²) in [6.07, 6.45) is -1.87. The Labute approximate surface area is 124 Å². The second-order valence-electron chi connectivity index (χ2n) is 5.02. The van der Waals surface area contributed by atoms with Gasteiger partial charge < -0.3 is 9.84 Å². The van der Waals surface area contributed by atoms with Crippen LogP contribution in [-0.4, -0.2) is 16.0 Å². The largest absolute Gasteiger partial charge is 0.343 e. The Morgan fingerprint density at radius 3 is 2.59 bits per heavy atom. The number of hydrogen-bond acceptors (Lipinski definition) is 4. The second kappa shape index (κ2) is 6.59. The summed E-state index contributed by atoms with van der Waals surface area (Å²) >= 11 is 0. The van der Waals surface area contributed by atoms with E-state index < -0.39 is 29.8 Å². The first-order chi connectivity index (χ1) is 10.4. The molecular weight excluding hydrogens is 299 g/mol. The molecule has 1 aromatic carbocycles. The molecule has 2 rings (SSSR count). The summed E-state index contributed by atoms with van der Waals surface area (Å²) in [5, 5.41) is 6.29. The van der Waals surface area contributed by atoms with E-state index in [0.29, 0.717) is 0 Å². The fraction of sp³-hybridized carbons (Fsp3) is 0.357. The van der Waals surface area contributed by atoms with Gasteiger partial charge in [-0.1, -0.05) is 19.0 Å². The molecule has 0 aliphatic heterocycles. The maximum atomic E-state index is 13.3. The van der Waals surface area contributed by atoms with Gasteiger partial charge in [-0.2, -0.15) is 4.98 Å². The van der Waals surface area contributed by atoms with E-state index in [2.05, 4.69) is 20.0 Å². The van der Waals surface area contributed by atoms with Crippen molar-refractivity contribution < 1.29 is 22.5 Å². The first-order valence-corrected chi connectivity index (χ1v) is 6.55. The SMILES string of the molecule is CC(C)C(NC(=O)c1ccc(F)c(C(F)F)c1)c1ncon1. The van der Waals surface area contributed by atoms with Crippen molar-refractivity contribution in [3.8, 4) is 0 Å². The Morgan fingerprint density at radius 2 is 2.05 bits per heavy atom. The van der Waals surface area contributed by atoms with Crippen LogP contribution in [0, 0.1) is 11.7 Å². The first-order valence-electron chi connectivity index (χ1n) is 6.55. The van der Waals surface area contributed by atoms with E-state index in [4.69, 9.17) is 0 Å². The molecule has 0 saturated heterocycles. The van der Waals surface area contributed by atoms with Crippen LogP contribution in [0.2, 0.25) is 0 Å². The average Bonchev–Trinajstić information content (AvgIpc) is 2.98. The fourth-order valence-electron chi connectivity index (χ4n) is 1.92. The van der Waals surface area contributed by atoms with E-state index in [1.165, 1.54) is 0 Å². The molecule has 0 saturated carbocycles. The molecule has 0 aliphatic rings. The average molecular weight is 313 g/mol. The molecule has 0 spiro atoms. The zero-order valence-electron chi connectivity index (χ0n) is 11.9. The molecule has 1 aromatic heterocycles. The molecule has 0 fully saturated rings. The third-order valence-electron chi connectivity index (χ3n) is 3.10. The van der Waals surface area contributed by atoms with E-state index in [0.717, 1.165) is 24.6 Å². The van der Waals surface area contributed by atoms with E-state index in [-0.39, 0.29) is 17.3 Å². The molecule has 1 amide bonds. The monoisotopic (exact) mass is 313 g/mol. The van der Waals surface area contributed by atoms with Crippen molar-refractivity contribution >= 4 is 5.91 Å². The van der Waals surface area contributed by atoms with Gasteiger partial charge in [-0.15, -0.1) is 0 Å². The number of alkyl halides is 2. The van der Waals surface area contributed by atoms with Gasteiger partial charge in [0.1, 0.15) is 5.82 Å². The summed E-state index contributed by atoms with van der Waals surface area (Å²) in [6.45, 7) is 3.66. The molecule has 0 aliphatic carbocycles. The minimum atomic E-state index is -2.99. The highest BCUT2D eigenvalue weighted by Crippen LogP contribution is 2.24. The van der Waals surface area contributed by atoms with Crippen LogP contribution in [0.1, 0.15) is 48.1 Å². The minimum Gasteiger partial charge on any atom is -0.343 e. The van der Waals surface area contributed by atoms with Gasteiger partial charge >= 0.3 is 0 Å². The van der Waals surface area contributed by atoms with E-state index in [1.807, 2.05) is 13.8 Å². The fourth-order valence-corrected chi connectivity index (χ4v) is 1.92. The molecule has 0 bridgehead atoms. The number of hydrogen-bond donors (Lipinski definition) is 1. The van der Waals surface area contributed by atoms with Crippen molar-refractivity contribution in [3.05, 3.63) is 47.4 Å². The van der Waals surface area contributed by atoms with Crippen LogP contribution in [0.15, 0.2) is 29.1 Å². The Balaban J connectivity index is 2.22. The molecular formula is C14H14F3N3O2. The lowest BCUT2D eigenvalue weighted by atomic mass is 10.0. The number of carbonyl (C=O) groups is 1. The number of halogens is 3. The summed E-state index contributed by atoms with van der Waals surface area (Å²) in [5.74, 6) is -1.45. The van der Waals surface area contributed by atoms with Gasteiger partial charge in [-0.25, -0.2) is 13.2 Å². The molecule has 2 aromatic rings. The molecule has 1 heterocycles. The van der Waals surface area contributed by atoms with E-state index >= 15 is 0 Å². The molecule has 1 unspecified atom stereocenters. The quantitative estimate of drug-likeness (QED) is 0.920. The molecule has 5 nitrogen and oxygen atoms in total. The molecule has 0 radical (unpaired) electrons. The minimum absolute atomic E-state index is 0.0587. The molecule has 8 heteroatoms. The van der Waals surface area contributed by atoms with Gasteiger partial charge in [0.15, 0.2) is 5.82 Å². The van der Waals surface area contributed by atoms with Crippen molar-refractivity contribution in [1.29, 1.82) is 0 Å². The van der Waals surface area contributed by atoms with E-state index in [9.17, 15) is 18.0 Å². The number of carbonyl (C=O) groups excluding carboxylic acids is 1. The summed E-state index contributed by atoms with van der Waals surface area (Å²) < 4.78 is 43.3. The Morgan fingerprint density at radius 1 is 1.32 bits per heavy atom. The molecule has 118 valence electrons. The van der Waals surface area contributed by atoms with Crippen LogP contribution in [0.25, 0.3) is 0 Å². The van der Waals surface area contributed by atoms with Crippen LogP contribution in [0.3, 0.4) is 0 Å². The van der Waals surface area contributed by atoms with Crippen molar-refractivity contribution in [2.75, 3.05) is 0 Å². The second-order valence-corrected chi connectivity index (χ2v) is 5.02. The Bertz CT molecular complexity index is 645. The van der Waals surface area contributed by atoms with Gasteiger partial charge in [0, 0.05) is 5.56 Å². The number of aromatic nitrogens is 2. The summed E-state index contributed by atoms with van der Waals surface area (Å²) in [7, 11) is 0. The number of nitrogens with one attached hydrogen (secondary N) is 1. The van der Waals surface area contributed by atoms with E-state index in [1.54, 1.807) is 0 Å². The Hall–Kier alpha value is -2.38. The van der Waals surface area contributed by atoms with Gasteiger partial charge in [-0.3, -0.25) is 4.79 Å². The standard InChI is InChI=1S/C14H14F3N3O2/c1-7(2)11(13-18-6-22-20-13)19-14(21)8-3-4-10(15)9(5-8)12(16)17/h3-7,11-12H,1-2H3,(H,19,21). The maximum absolute atomic E-state index is 13.3. The van der Waals surface area contributed by atoms with Crippen LogP contribution in [-0.2, 0) is 0 Å². The van der Waals surface area contributed by atoms with Gasteiger partial charge in [0.05, 0.1) is 11.6 Å². The predicted octanol–water partition coefficient (Wildman–Crippen LogP) is 3.27. The lowest BCUT2D eigenvalue weighted by Gasteiger charge is -2.19. The zero-order valence-corrected chi connectivity index (χ0v) is 11.9. The van der Waals surface area contributed by atoms with Gasteiger partial charge in [-0.05, 0) is 24.1 Å². The number of rotatable bonds is 5. The lowest BCUT2D eigenvalue weighted by Crippen LogP contribution is -2.32. The topological polar surface area (TPSA) is 68.0 Å². The van der Waals surface area contributed by atoms with Crippen molar-refractivity contribution in [2.45, 2.75) is 26.3 Å². The highest BCUT2D eigenvalue weighted by atomic mass is 19.3. The van der Waals surface area contributed by atoms with Crippen LogP contribution >= 0.6 is 0 Å². The number of nitrogens with zero attached hydrogens (tertiary/aromatic N) is 2. The third kappa shape index (κ3) is 3.44. The highest BCUT2D eigenvalue weighted by Gasteiger charge is 2.24. The van der Waals surface area contributed by atoms with Gasteiger partial charge in [0.2, 0.25) is 6.39 Å². The third-order valence-corrected chi connectivity index (χ3v) is 3.10. The summed E-state index contributed by atoms with van der Waals surface area (Å²) in [5.41, 5.74) is -0.876. The summed E-state index contributed by atoms with van der Waals surface area (Å²) in [6, 6.07) is 2.27. The molecule has 1 atom stereocenters. The Kier molecular flexibility index (Phi) is 4.79. The predicted molar refractivity (Wildman–Crippen MR) is 70.7 cm³/mol. The summed E-state index contributed by atoms with van der Waals surface area (Å²) in [4.78, 5) is 16.0. The normalized spacial score (nSPS) is 12.7. The van der Waals surface area contributed by atoms with Crippen molar-refractivity contribution in [3.63, 3.8) is 0 Å². The number of amides is 1. The molecule has 22 heavy (non-hydrogen) atoms. The smallest absolute Gasteiger partial charge is 0.266 e. The van der Waals surface area contributed by atoms with Crippen LogP contribution in [0.5, 0.6) is 0 Å². The first kappa shape index (κ1) is 16.0. The lowest BCUT2D eigenvalue weighted by molar-refractivity contribution is 0.0921. The van der Waals surface area contributed by atoms with Crippen molar-refractivity contribution in [2.24, 2.45) is 5.92 Å². The maximum Gasteiger partial charge on any atom is 0.266 e. The molecule has 1 N–H and O–H groups in total. The van der Waals surface area contributed by atoms with Crippen molar-refractivity contribution in [1.82, 2.24) is 15.5 Å². The van der Waals surface area contributed by atoms with Gasteiger partial charge in [0.25, 0.3) is 12.3 Å². The highest BCUT2D eigenvalue weighted by molar-refractivity contribution is 5.94. The number of benzene rings is 1.